The third-order valence-corrected chi connectivity index (χ3v) is 4.42. The Bertz CT molecular complexity index is 692. The van der Waals surface area contributed by atoms with Gasteiger partial charge in [0.2, 0.25) is 5.91 Å². The first-order valence-electron chi connectivity index (χ1n) is 9.39. The van der Waals surface area contributed by atoms with Crippen LogP contribution >= 0.6 is 0 Å². The van der Waals surface area contributed by atoms with Crippen LogP contribution in [0.15, 0.2) is 12.1 Å². The molecule has 8 heteroatoms. The molecule has 1 aliphatic rings. The molecular formula is C19H28N4O4. The number of ether oxygens (including phenoxy) is 1. The molecule has 1 saturated heterocycles. The minimum atomic E-state index is -0.433. The summed E-state index contributed by atoms with van der Waals surface area (Å²) in [4.78, 5) is 44.5. The van der Waals surface area contributed by atoms with Gasteiger partial charge in [0.25, 0.3) is 5.91 Å². The van der Waals surface area contributed by atoms with Crippen LogP contribution in [0.3, 0.4) is 0 Å². The van der Waals surface area contributed by atoms with E-state index < -0.39 is 5.97 Å². The highest BCUT2D eigenvalue weighted by Crippen LogP contribution is 2.12. The lowest BCUT2D eigenvalue weighted by molar-refractivity contribution is -0.122. The monoisotopic (exact) mass is 376 g/mol. The topological polar surface area (TPSA) is 91.8 Å². The molecule has 8 nitrogen and oxygen atoms in total. The maximum atomic E-state index is 12.8. The van der Waals surface area contributed by atoms with Crippen molar-refractivity contribution in [1.29, 1.82) is 0 Å². The molecule has 1 aromatic heterocycles. The van der Waals surface area contributed by atoms with Gasteiger partial charge >= 0.3 is 5.97 Å². The largest absolute Gasteiger partial charge is 0.462 e. The maximum Gasteiger partial charge on any atom is 0.339 e. The number of carbonyl (C=O) groups excluding carboxylic acids is 3. The number of likely N-dealkylation sites (N-methyl/N-ethyl adjacent to an activating group) is 1. The van der Waals surface area contributed by atoms with Crippen LogP contribution < -0.4 is 5.32 Å². The molecule has 0 aromatic carbocycles. The molecule has 0 aliphatic carbocycles. The second-order valence-electron chi connectivity index (χ2n) is 6.43. The molecule has 1 N–H and O–H groups in total. The molecule has 1 aliphatic heterocycles. The number of hydrogen-bond acceptors (Lipinski definition) is 6. The van der Waals surface area contributed by atoms with E-state index in [1.807, 2.05) is 6.92 Å². The molecule has 2 rings (SSSR count). The van der Waals surface area contributed by atoms with Gasteiger partial charge in [-0.2, -0.15) is 0 Å². The number of carbonyl (C=O) groups is 3. The van der Waals surface area contributed by atoms with Crippen molar-refractivity contribution in [2.45, 2.75) is 27.2 Å². The lowest BCUT2D eigenvalue weighted by Gasteiger charge is -2.21. The van der Waals surface area contributed by atoms with E-state index in [-0.39, 0.29) is 11.8 Å². The van der Waals surface area contributed by atoms with E-state index in [1.54, 1.807) is 30.9 Å². The first-order valence-corrected chi connectivity index (χ1v) is 9.39. The van der Waals surface area contributed by atoms with E-state index in [2.05, 4.69) is 15.2 Å². The number of rotatable bonds is 6. The van der Waals surface area contributed by atoms with Gasteiger partial charge in [-0.1, -0.05) is 0 Å². The minimum absolute atomic E-state index is 0.00382. The molecule has 2 heterocycles. The Kier molecular flexibility index (Phi) is 7.72. The van der Waals surface area contributed by atoms with Crippen LogP contribution in [0.4, 0.5) is 0 Å². The van der Waals surface area contributed by atoms with Crippen LogP contribution in [-0.2, 0) is 9.53 Å². The Balaban J connectivity index is 2.00. The minimum Gasteiger partial charge on any atom is -0.462 e. The highest BCUT2D eigenvalue weighted by Gasteiger charge is 2.23. The predicted octanol–water partition coefficient (Wildman–Crippen LogP) is 0.851. The smallest absolute Gasteiger partial charge is 0.339 e. The van der Waals surface area contributed by atoms with E-state index >= 15 is 0 Å². The van der Waals surface area contributed by atoms with Crippen LogP contribution in [0.2, 0.25) is 0 Å². The normalized spacial score (nSPS) is 15.1. The molecule has 1 aromatic rings. The standard InChI is InChI=1S/C19H28N4O4/c1-4-20-17(24)13-22-9-6-10-23(12-11-22)18(25)16-8-7-15(14(3)21-16)19(26)27-5-2/h7-8H,4-6,9-13H2,1-3H3,(H,20,24). The molecule has 0 unspecified atom stereocenters. The summed E-state index contributed by atoms with van der Waals surface area (Å²) < 4.78 is 4.99. The Hall–Kier alpha value is -2.48. The number of nitrogens with zero attached hydrogens (tertiary/aromatic N) is 3. The fourth-order valence-corrected chi connectivity index (χ4v) is 3.06. The van der Waals surface area contributed by atoms with Crippen molar-refractivity contribution < 1.29 is 19.1 Å². The highest BCUT2D eigenvalue weighted by molar-refractivity contribution is 5.95. The number of nitrogens with one attached hydrogen (secondary N) is 1. The number of hydrogen-bond donors (Lipinski definition) is 1. The van der Waals surface area contributed by atoms with Crippen molar-refractivity contribution in [2.24, 2.45) is 0 Å². The fourth-order valence-electron chi connectivity index (χ4n) is 3.06. The molecular weight excluding hydrogens is 348 g/mol. The van der Waals surface area contributed by atoms with Gasteiger partial charge in [-0.15, -0.1) is 0 Å². The molecule has 2 amide bonds. The van der Waals surface area contributed by atoms with Crippen molar-refractivity contribution in [3.63, 3.8) is 0 Å². The van der Waals surface area contributed by atoms with E-state index in [9.17, 15) is 14.4 Å². The number of aromatic nitrogens is 1. The van der Waals surface area contributed by atoms with E-state index in [1.165, 1.54) is 0 Å². The van der Waals surface area contributed by atoms with Gasteiger partial charge in [0.15, 0.2) is 0 Å². The highest BCUT2D eigenvalue weighted by atomic mass is 16.5. The summed E-state index contributed by atoms with van der Waals surface area (Å²) in [5.41, 5.74) is 1.17. The summed E-state index contributed by atoms with van der Waals surface area (Å²) in [5, 5.41) is 2.79. The molecule has 0 radical (unpaired) electrons. The van der Waals surface area contributed by atoms with E-state index in [0.717, 1.165) is 13.0 Å². The summed E-state index contributed by atoms with van der Waals surface area (Å²) in [7, 11) is 0. The van der Waals surface area contributed by atoms with E-state index in [4.69, 9.17) is 4.74 Å². The average Bonchev–Trinajstić information content (AvgIpc) is 2.87. The summed E-state index contributed by atoms with van der Waals surface area (Å²) in [6, 6.07) is 3.16. The molecule has 1 fully saturated rings. The predicted molar refractivity (Wildman–Crippen MR) is 101 cm³/mol. The quantitative estimate of drug-likeness (QED) is 0.740. The van der Waals surface area contributed by atoms with Crippen LogP contribution in [0.1, 0.15) is 46.8 Å². The summed E-state index contributed by atoms with van der Waals surface area (Å²) in [6.45, 7) is 9.15. The summed E-state index contributed by atoms with van der Waals surface area (Å²) >= 11 is 0. The average molecular weight is 376 g/mol. The summed E-state index contributed by atoms with van der Waals surface area (Å²) in [6.07, 6.45) is 0.797. The second kappa shape index (κ2) is 10.0. The zero-order chi connectivity index (χ0) is 19.8. The number of esters is 1. The van der Waals surface area contributed by atoms with Crippen molar-refractivity contribution >= 4 is 17.8 Å². The third-order valence-electron chi connectivity index (χ3n) is 4.42. The summed E-state index contributed by atoms with van der Waals surface area (Å²) in [5.74, 6) is -0.588. The van der Waals surface area contributed by atoms with Crippen LogP contribution in [-0.4, -0.2) is 78.4 Å². The number of aryl methyl sites for hydroxylation is 1. The van der Waals surface area contributed by atoms with Crippen molar-refractivity contribution in [3.05, 3.63) is 29.1 Å². The van der Waals surface area contributed by atoms with Gasteiger partial charge in [-0.05, 0) is 39.3 Å². The van der Waals surface area contributed by atoms with Gasteiger partial charge in [0.05, 0.1) is 24.4 Å². The lowest BCUT2D eigenvalue weighted by atomic mass is 10.1. The first-order chi connectivity index (χ1) is 13.0. The Morgan fingerprint density at radius 3 is 2.59 bits per heavy atom. The van der Waals surface area contributed by atoms with Gasteiger partial charge in [0, 0.05) is 32.7 Å². The van der Waals surface area contributed by atoms with Crippen LogP contribution in [0.5, 0.6) is 0 Å². The number of amides is 2. The molecule has 148 valence electrons. The molecule has 27 heavy (non-hydrogen) atoms. The van der Waals surface area contributed by atoms with Crippen LogP contribution in [0.25, 0.3) is 0 Å². The van der Waals surface area contributed by atoms with Gasteiger partial charge in [-0.3, -0.25) is 14.5 Å². The molecule has 0 atom stereocenters. The van der Waals surface area contributed by atoms with Gasteiger partial charge < -0.3 is 15.0 Å². The molecule has 0 spiro atoms. The molecule has 0 saturated carbocycles. The van der Waals surface area contributed by atoms with E-state index in [0.29, 0.717) is 56.3 Å². The van der Waals surface area contributed by atoms with Crippen molar-refractivity contribution in [3.8, 4) is 0 Å². The Labute approximate surface area is 159 Å². The zero-order valence-corrected chi connectivity index (χ0v) is 16.3. The lowest BCUT2D eigenvalue weighted by Crippen LogP contribution is -2.40. The SMILES string of the molecule is CCNC(=O)CN1CCCN(C(=O)c2ccc(C(=O)OCC)c(C)n2)CC1. The van der Waals surface area contributed by atoms with Gasteiger partial charge in [0.1, 0.15) is 5.69 Å². The Morgan fingerprint density at radius 1 is 1.15 bits per heavy atom. The third kappa shape index (κ3) is 5.75. The molecule has 0 bridgehead atoms. The maximum absolute atomic E-state index is 12.8. The zero-order valence-electron chi connectivity index (χ0n) is 16.3. The van der Waals surface area contributed by atoms with Crippen molar-refractivity contribution in [1.82, 2.24) is 20.1 Å². The van der Waals surface area contributed by atoms with Crippen molar-refractivity contribution in [2.75, 3.05) is 45.9 Å². The van der Waals surface area contributed by atoms with Crippen LogP contribution in [0, 0.1) is 6.92 Å². The Morgan fingerprint density at radius 2 is 1.93 bits per heavy atom. The second-order valence-corrected chi connectivity index (χ2v) is 6.43. The first kappa shape index (κ1) is 20.8. The van der Waals surface area contributed by atoms with Gasteiger partial charge in [-0.25, -0.2) is 9.78 Å². The fraction of sp³-hybridized carbons (Fsp3) is 0.579. The number of pyridine rings is 1.